The fraction of sp³-hybridized carbons (Fsp3) is 0.344. The van der Waals surface area contributed by atoms with E-state index in [0.29, 0.717) is 33.4 Å². The van der Waals surface area contributed by atoms with Crippen LogP contribution in [0.15, 0.2) is 109 Å². The average Bonchev–Trinajstić information content (AvgIpc) is 3.97. The zero-order valence-electron chi connectivity index (χ0n) is 47.4. The Bertz CT molecular complexity index is 3970. The summed E-state index contributed by atoms with van der Waals surface area (Å²) in [6.45, 7) is 18.7. The van der Waals surface area contributed by atoms with Gasteiger partial charge in [0.05, 0.1) is 33.8 Å². The predicted molar refractivity (Wildman–Crippen MR) is 286 cm³/mol. The molecule has 2 atom stereocenters. The quantitative estimate of drug-likeness (QED) is 0.162. The Morgan fingerprint density at radius 1 is 0.464 bits per heavy atom. The number of ether oxygens (including phenoxy) is 1. The molecule has 4 aromatic heterocycles. The summed E-state index contributed by atoms with van der Waals surface area (Å²) in [6.07, 6.45) is 3.74. The summed E-state index contributed by atoms with van der Waals surface area (Å²) in [7, 11) is 0. The van der Waals surface area contributed by atoms with Crippen molar-refractivity contribution in [3.05, 3.63) is 154 Å². The highest BCUT2D eigenvalue weighted by Crippen LogP contribution is 2.61. The van der Waals surface area contributed by atoms with Crippen LogP contribution < -0.4 is 4.74 Å². The minimum Gasteiger partial charge on any atom is -0.457 e. The van der Waals surface area contributed by atoms with E-state index in [0.717, 1.165) is 115 Å². The number of hydrogen-bond acceptors (Lipinski definition) is 3. The van der Waals surface area contributed by atoms with Gasteiger partial charge in [-0.1, -0.05) is 142 Å². The first-order chi connectivity index (χ1) is 35.2. The lowest BCUT2D eigenvalue weighted by Crippen LogP contribution is -2.48. The molecule has 0 bridgehead atoms. The van der Waals surface area contributed by atoms with E-state index >= 15 is 0 Å². The third-order valence-corrected chi connectivity index (χ3v) is 19.3. The highest BCUT2D eigenvalue weighted by Gasteiger charge is 2.54. The van der Waals surface area contributed by atoms with Crippen molar-refractivity contribution in [3.63, 3.8) is 0 Å². The molecule has 14 rings (SSSR count). The van der Waals surface area contributed by atoms with Gasteiger partial charge in [0.25, 0.3) is 0 Å². The normalized spacial score (nSPS) is 23.9. The first-order valence-corrected chi connectivity index (χ1v) is 25.0. The number of nitrogens with zero attached hydrogens (tertiary/aromatic N) is 4. The zero-order valence-corrected chi connectivity index (χ0v) is 41.4. The van der Waals surface area contributed by atoms with Gasteiger partial charge in [-0.2, -0.15) is 0 Å². The monoisotopic (exact) mass is 909 g/mol. The van der Waals surface area contributed by atoms with Crippen LogP contribution in [0.3, 0.4) is 0 Å². The predicted octanol–water partition coefficient (Wildman–Crippen LogP) is 16.6. The molecule has 0 amide bonds. The summed E-state index contributed by atoms with van der Waals surface area (Å²) in [6, 6.07) is 37.2. The molecule has 6 heterocycles. The minimum atomic E-state index is -2.39. The van der Waals surface area contributed by atoms with Gasteiger partial charge in [-0.05, 0) is 131 Å². The van der Waals surface area contributed by atoms with Crippen LogP contribution in [0.2, 0.25) is 0 Å². The summed E-state index contributed by atoms with van der Waals surface area (Å²) in [5.41, 5.74) is 13.3. The van der Waals surface area contributed by atoms with Crippen LogP contribution in [0.25, 0.3) is 77.2 Å². The van der Waals surface area contributed by atoms with Gasteiger partial charge in [0, 0.05) is 62.6 Å². The number of aryl methyl sites for hydroxylation is 2. The van der Waals surface area contributed by atoms with E-state index in [2.05, 4.69) is 139 Å². The number of imidazole rings is 2. The number of benzene rings is 6. The first kappa shape index (κ1) is 35.6. The van der Waals surface area contributed by atoms with Gasteiger partial charge in [-0.3, -0.25) is 8.80 Å². The van der Waals surface area contributed by atoms with E-state index in [1.807, 2.05) is 48.5 Å². The van der Waals surface area contributed by atoms with E-state index in [1.54, 1.807) is 0 Å². The van der Waals surface area contributed by atoms with Crippen molar-refractivity contribution < 1.29 is 13.0 Å². The smallest absolute Gasteiger partial charge is 0.146 e. The van der Waals surface area contributed by atoms with E-state index in [4.69, 9.17) is 22.9 Å². The fourth-order valence-electron chi connectivity index (χ4n) is 14.3. The van der Waals surface area contributed by atoms with Crippen molar-refractivity contribution in [2.45, 2.75) is 141 Å². The van der Waals surface area contributed by atoms with Gasteiger partial charge >= 0.3 is 0 Å². The third kappa shape index (κ3) is 4.88. The highest BCUT2D eigenvalue weighted by molar-refractivity contribution is 6.17. The molecule has 69 heavy (non-hydrogen) atoms. The molecule has 5 nitrogen and oxygen atoms in total. The number of rotatable bonds is 2. The van der Waals surface area contributed by atoms with E-state index in [-0.39, 0.29) is 32.5 Å². The topological polar surface area (TPSA) is 43.8 Å². The Balaban J connectivity index is 1.05. The molecule has 0 fully saturated rings. The van der Waals surface area contributed by atoms with Crippen molar-refractivity contribution in [2.75, 3.05) is 0 Å². The van der Waals surface area contributed by atoms with Gasteiger partial charge < -0.3 is 4.74 Å². The molecule has 2 aliphatic carbocycles. The van der Waals surface area contributed by atoms with Gasteiger partial charge in [-0.15, -0.1) is 0 Å². The molecule has 0 saturated heterocycles. The maximum atomic E-state index is 8.93. The Kier molecular flexibility index (Phi) is 6.63. The lowest BCUT2D eigenvalue weighted by Gasteiger charge is -2.50. The lowest BCUT2D eigenvalue weighted by molar-refractivity contribution is 0.220. The maximum Gasteiger partial charge on any atom is 0.146 e. The van der Waals surface area contributed by atoms with Crippen molar-refractivity contribution in [2.24, 2.45) is 0 Å². The molecular formula is C64H62N4O. The van der Waals surface area contributed by atoms with Crippen molar-refractivity contribution in [1.82, 2.24) is 18.8 Å². The maximum absolute atomic E-state index is 8.93. The van der Waals surface area contributed by atoms with Crippen molar-refractivity contribution in [3.8, 4) is 34.0 Å². The summed E-state index contributed by atoms with van der Waals surface area (Å²) >= 11 is 0. The van der Waals surface area contributed by atoms with Crippen LogP contribution in [0, 0.1) is 13.7 Å². The fourth-order valence-corrected chi connectivity index (χ4v) is 14.3. The van der Waals surface area contributed by atoms with Crippen LogP contribution in [-0.2, 0) is 32.5 Å². The molecule has 0 N–H and O–H groups in total. The van der Waals surface area contributed by atoms with Gasteiger partial charge in [0.1, 0.15) is 22.8 Å². The van der Waals surface area contributed by atoms with Gasteiger partial charge in [0.15, 0.2) is 0 Å². The second-order valence-corrected chi connectivity index (χ2v) is 24.0. The largest absolute Gasteiger partial charge is 0.457 e. The Morgan fingerprint density at radius 2 is 0.884 bits per heavy atom. The van der Waals surface area contributed by atoms with Crippen LogP contribution >= 0.6 is 0 Å². The summed E-state index contributed by atoms with van der Waals surface area (Å²) < 4.78 is 65.3. The number of aromatic nitrogens is 4. The molecule has 0 spiro atoms. The lowest BCUT2D eigenvalue weighted by atomic mass is 9.55. The number of hydrogen-bond donors (Lipinski definition) is 0. The number of fused-ring (bicyclic) bond motifs is 10. The minimum absolute atomic E-state index is 0.121. The molecule has 344 valence electrons. The molecule has 4 aliphatic rings. The van der Waals surface area contributed by atoms with Crippen LogP contribution in [-0.4, -0.2) is 18.8 Å². The molecular weight excluding hydrogens is 841 g/mol. The summed E-state index contributed by atoms with van der Waals surface area (Å²) in [5, 5.41) is 4.65. The Hall–Kier alpha value is -6.46. The van der Waals surface area contributed by atoms with Gasteiger partial charge in [0.2, 0.25) is 0 Å². The van der Waals surface area contributed by atoms with Crippen LogP contribution in [0.1, 0.15) is 148 Å². The summed E-state index contributed by atoms with van der Waals surface area (Å²) in [5.74, 6) is 1.13. The molecule has 6 aromatic carbocycles. The van der Waals surface area contributed by atoms with E-state index in [1.165, 1.54) is 11.1 Å². The molecule has 5 heteroatoms. The average molecular weight is 909 g/mol. The number of pyridine rings is 2. The van der Waals surface area contributed by atoms with Gasteiger partial charge in [-0.25, -0.2) is 9.97 Å². The standard InChI is InChI=1S/C64H62N4O/c1-35-21-27-47-53-49(35)39-25-23-37(33-43(39)57-65-51-41-17-13-15-19-45(41)59(3,4)29-31-63(11,61(47,7)8)55(51)67(53)57)69-38-24-26-40-44(34-38)58-66-52-42-18-14-16-20-46(42)60(5,6)30-32-64(12)56(52)68(58)54-48(62(64,9)10)28-22-36(2)50(40)54/h13-28,33-34H,29-32H2,1-12H3/i1D3,2D3. The first-order valence-electron chi connectivity index (χ1n) is 28.0. The summed E-state index contributed by atoms with van der Waals surface area (Å²) in [4.78, 5) is 11.4. The van der Waals surface area contributed by atoms with E-state index in [9.17, 15) is 0 Å². The second-order valence-electron chi connectivity index (χ2n) is 24.0. The SMILES string of the molecule is [2H]C([2H])([2H])c1ccc2c3c1c1ccc(Oc4ccc5c(c4)c4nc6c7n4c4c(ccc(C([2H])([2H])[2H])c54)C(C)(C)C7(C)CCC(C)(C)c4ccccc4-6)cc1c1nc4c(n13)C(C)(CCC(C)(C)c1ccccc1-4)C2(C)C. The van der Waals surface area contributed by atoms with Crippen molar-refractivity contribution in [1.29, 1.82) is 0 Å². The second kappa shape index (κ2) is 12.8. The molecule has 2 aliphatic heterocycles. The van der Waals surface area contributed by atoms with Crippen LogP contribution in [0.5, 0.6) is 11.5 Å². The van der Waals surface area contributed by atoms with Crippen LogP contribution in [0.4, 0.5) is 0 Å². The zero-order chi connectivity index (χ0) is 52.7. The molecule has 2 unspecified atom stereocenters. The molecule has 10 aromatic rings. The Morgan fingerprint density at radius 3 is 1.30 bits per heavy atom. The van der Waals surface area contributed by atoms with E-state index < -0.39 is 13.7 Å². The molecule has 0 saturated carbocycles. The third-order valence-electron chi connectivity index (χ3n) is 19.3. The molecule has 0 radical (unpaired) electrons. The van der Waals surface area contributed by atoms with Crippen molar-refractivity contribution >= 4 is 54.6 Å². The Labute approximate surface area is 414 Å². The highest BCUT2D eigenvalue weighted by atomic mass is 16.5.